The second-order valence-electron chi connectivity index (χ2n) is 5.83. The molecule has 1 N–H and O–H groups in total. The molecule has 0 spiro atoms. The molecule has 1 atom stereocenters. The van der Waals surface area contributed by atoms with E-state index in [4.69, 9.17) is 16.3 Å². The van der Waals surface area contributed by atoms with E-state index in [0.29, 0.717) is 5.56 Å². The first-order chi connectivity index (χ1) is 9.69. The van der Waals surface area contributed by atoms with Crippen molar-refractivity contribution in [2.45, 2.75) is 45.1 Å². The van der Waals surface area contributed by atoms with Crippen molar-refractivity contribution < 1.29 is 14.3 Å². The second kappa shape index (κ2) is 7.46. The molecule has 1 aromatic rings. The summed E-state index contributed by atoms with van der Waals surface area (Å²) in [7, 11) is 0. The molecular weight excluding hydrogens is 290 g/mol. The largest absolute Gasteiger partial charge is 0.460 e. The van der Waals surface area contributed by atoms with Crippen molar-refractivity contribution in [3.05, 3.63) is 35.4 Å². The van der Waals surface area contributed by atoms with Crippen molar-refractivity contribution >= 4 is 23.5 Å². The fourth-order valence-corrected chi connectivity index (χ4v) is 1.82. The van der Waals surface area contributed by atoms with E-state index in [1.165, 1.54) is 0 Å². The van der Waals surface area contributed by atoms with Crippen LogP contribution in [0, 0.1) is 0 Å². The highest BCUT2D eigenvalue weighted by Gasteiger charge is 2.16. The zero-order valence-corrected chi connectivity index (χ0v) is 13.7. The lowest BCUT2D eigenvalue weighted by Gasteiger charge is -2.19. The molecule has 0 radical (unpaired) electrons. The molecule has 4 nitrogen and oxygen atoms in total. The highest BCUT2D eigenvalue weighted by atomic mass is 35.5. The normalized spacial score (nSPS) is 12.6. The van der Waals surface area contributed by atoms with Crippen LogP contribution in [0.15, 0.2) is 24.3 Å². The van der Waals surface area contributed by atoms with Gasteiger partial charge in [0, 0.05) is 12.1 Å². The van der Waals surface area contributed by atoms with Crippen molar-refractivity contribution in [3.8, 4) is 0 Å². The molecule has 0 saturated heterocycles. The summed E-state index contributed by atoms with van der Waals surface area (Å²) in [4.78, 5) is 23.4. The molecule has 0 fully saturated rings. The van der Waals surface area contributed by atoms with E-state index < -0.39 is 5.60 Å². The molecule has 116 valence electrons. The molecule has 0 aliphatic rings. The van der Waals surface area contributed by atoms with Crippen molar-refractivity contribution in [3.63, 3.8) is 0 Å². The summed E-state index contributed by atoms with van der Waals surface area (Å²) in [6, 6.07) is 7.08. The van der Waals surface area contributed by atoms with Gasteiger partial charge in [0.2, 0.25) is 0 Å². The molecule has 0 saturated carbocycles. The summed E-state index contributed by atoms with van der Waals surface area (Å²) in [5.41, 5.74) is 0.997. The minimum Gasteiger partial charge on any atom is -0.460 e. The van der Waals surface area contributed by atoms with Gasteiger partial charge in [0.05, 0.1) is 11.8 Å². The maximum Gasteiger partial charge on any atom is 0.308 e. The first-order valence-corrected chi connectivity index (χ1v) is 7.37. The zero-order valence-electron chi connectivity index (χ0n) is 12.9. The number of hydrogen-bond donors (Lipinski definition) is 1. The Hall–Kier alpha value is -1.55. The second-order valence-corrected chi connectivity index (χ2v) is 6.49. The van der Waals surface area contributed by atoms with E-state index in [0.717, 1.165) is 5.56 Å². The molecule has 5 heteroatoms. The van der Waals surface area contributed by atoms with Crippen LogP contribution in [0.2, 0.25) is 0 Å². The molecule has 0 heterocycles. The number of esters is 1. The van der Waals surface area contributed by atoms with Crippen molar-refractivity contribution in [2.24, 2.45) is 0 Å². The van der Waals surface area contributed by atoms with E-state index in [1.807, 2.05) is 39.8 Å². The summed E-state index contributed by atoms with van der Waals surface area (Å²) in [6.45, 7) is 7.55. The van der Waals surface area contributed by atoms with Gasteiger partial charge in [-0.15, -0.1) is 11.6 Å². The van der Waals surface area contributed by atoms with Gasteiger partial charge in [0.1, 0.15) is 5.60 Å². The van der Waals surface area contributed by atoms with Crippen LogP contribution in [0.3, 0.4) is 0 Å². The lowest BCUT2D eigenvalue weighted by molar-refractivity contribution is -0.154. The van der Waals surface area contributed by atoms with Gasteiger partial charge in [0.15, 0.2) is 0 Å². The fraction of sp³-hybridized carbons (Fsp3) is 0.500. The third kappa shape index (κ3) is 6.63. The predicted molar refractivity (Wildman–Crippen MR) is 83.5 cm³/mol. The monoisotopic (exact) mass is 311 g/mol. The van der Waals surface area contributed by atoms with E-state index in [2.05, 4.69) is 5.32 Å². The molecule has 1 aromatic carbocycles. The van der Waals surface area contributed by atoms with Crippen molar-refractivity contribution in [1.29, 1.82) is 0 Å². The number of nitrogens with one attached hydrogen (secondary N) is 1. The highest BCUT2D eigenvalue weighted by Crippen LogP contribution is 2.19. The quantitative estimate of drug-likeness (QED) is 0.669. The molecular formula is C16H22ClNO3. The number of rotatable bonds is 5. The molecule has 0 unspecified atom stereocenters. The van der Waals surface area contributed by atoms with E-state index in [9.17, 15) is 9.59 Å². The fourth-order valence-electron chi connectivity index (χ4n) is 1.67. The van der Waals surface area contributed by atoms with Crippen LogP contribution in [0.25, 0.3) is 0 Å². The number of alkyl halides is 1. The van der Waals surface area contributed by atoms with Crippen LogP contribution in [-0.4, -0.2) is 24.0 Å². The average molecular weight is 312 g/mol. The first-order valence-electron chi connectivity index (χ1n) is 6.93. The van der Waals surface area contributed by atoms with Gasteiger partial charge in [-0.2, -0.15) is 0 Å². The molecule has 0 aliphatic heterocycles. The third-order valence-corrected chi connectivity index (χ3v) is 2.92. The lowest BCUT2D eigenvalue weighted by atomic mass is 10.1. The number of carbonyl (C=O) groups is 2. The third-order valence-electron chi connectivity index (χ3n) is 2.67. The Labute approximate surface area is 130 Å². The zero-order chi connectivity index (χ0) is 16.0. The van der Waals surface area contributed by atoms with Crippen molar-refractivity contribution in [2.75, 3.05) is 6.54 Å². The lowest BCUT2D eigenvalue weighted by Crippen LogP contribution is -2.29. The van der Waals surface area contributed by atoms with Crippen LogP contribution in [-0.2, 0) is 9.53 Å². The minimum absolute atomic E-state index is 0.0886. The minimum atomic E-state index is -0.505. The molecule has 0 aliphatic carbocycles. The Bertz CT molecular complexity index is 489. The Kier molecular flexibility index (Phi) is 6.21. The number of benzene rings is 1. The Balaban J connectivity index is 2.42. The standard InChI is InChI=1S/C16H22ClNO3/c1-11(17)12-5-7-13(8-6-12)15(20)18-10-9-14(19)21-16(2,3)4/h5-8,11H,9-10H2,1-4H3,(H,18,20)/t11-/m1/s1. The van der Waals surface area contributed by atoms with Gasteiger partial charge < -0.3 is 10.1 Å². The summed E-state index contributed by atoms with van der Waals surface area (Å²) >= 11 is 5.95. The van der Waals surface area contributed by atoms with Crippen LogP contribution < -0.4 is 5.32 Å². The van der Waals surface area contributed by atoms with Gasteiger partial charge in [-0.3, -0.25) is 9.59 Å². The topological polar surface area (TPSA) is 55.4 Å². The summed E-state index contributed by atoms with van der Waals surface area (Å²) in [6.07, 6.45) is 0.153. The van der Waals surface area contributed by atoms with E-state index in [-0.39, 0.29) is 30.2 Å². The van der Waals surface area contributed by atoms with Crippen LogP contribution >= 0.6 is 11.6 Å². The first kappa shape index (κ1) is 17.5. The summed E-state index contributed by atoms with van der Waals surface area (Å²) < 4.78 is 5.16. The summed E-state index contributed by atoms with van der Waals surface area (Å²) in [5.74, 6) is -0.540. The Morgan fingerprint density at radius 3 is 2.29 bits per heavy atom. The van der Waals surface area contributed by atoms with Gasteiger partial charge in [-0.25, -0.2) is 0 Å². The Morgan fingerprint density at radius 2 is 1.81 bits per heavy atom. The number of halogens is 1. The van der Waals surface area contributed by atoms with Gasteiger partial charge in [0.25, 0.3) is 5.91 Å². The smallest absolute Gasteiger partial charge is 0.308 e. The maximum absolute atomic E-state index is 11.9. The molecule has 1 rings (SSSR count). The molecule has 0 aromatic heterocycles. The number of hydrogen-bond acceptors (Lipinski definition) is 3. The number of carbonyl (C=O) groups excluding carboxylic acids is 2. The number of amides is 1. The number of ether oxygens (including phenoxy) is 1. The van der Waals surface area contributed by atoms with Gasteiger partial charge in [-0.05, 0) is 45.4 Å². The van der Waals surface area contributed by atoms with Crippen LogP contribution in [0.5, 0.6) is 0 Å². The van der Waals surface area contributed by atoms with Crippen LogP contribution in [0.1, 0.15) is 55.4 Å². The van der Waals surface area contributed by atoms with Gasteiger partial charge >= 0.3 is 5.97 Å². The maximum atomic E-state index is 11.9. The average Bonchev–Trinajstić information content (AvgIpc) is 2.36. The molecule has 1 amide bonds. The van der Waals surface area contributed by atoms with Gasteiger partial charge in [-0.1, -0.05) is 12.1 Å². The predicted octanol–water partition coefficient (Wildman–Crippen LogP) is 3.45. The molecule has 21 heavy (non-hydrogen) atoms. The molecule has 0 bridgehead atoms. The van der Waals surface area contributed by atoms with E-state index >= 15 is 0 Å². The van der Waals surface area contributed by atoms with Crippen LogP contribution in [0.4, 0.5) is 0 Å². The van der Waals surface area contributed by atoms with Crippen molar-refractivity contribution in [1.82, 2.24) is 5.32 Å². The highest BCUT2D eigenvalue weighted by molar-refractivity contribution is 6.20. The Morgan fingerprint density at radius 1 is 1.24 bits per heavy atom. The summed E-state index contributed by atoms with van der Waals surface area (Å²) in [5, 5.41) is 2.60. The van der Waals surface area contributed by atoms with E-state index in [1.54, 1.807) is 12.1 Å². The SMILES string of the molecule is C[C@@H](Cl)c1ccc(C(=O)NCCC(=O)OC(C)(C)C)cc1.